The van der Waals surface area contributed by atoms with Gasteiger partial charge in [0.15, 0.2) is 0 Å². The molecule has 0 saturated carbocycles. The fraction of sp³-hybridized carbons (Fsp3) is 0.308. The quantitative estimate of drug-likeness (QED) is 0.815. The normalized spacial score (nSPS) is 11.6. The molecule has 2 heterocycles. The van der Waals surface area contributed by atoms with E-state index in [0.29, 0.717) is 16.5 Å². The number of fused-ring (bicyclic) bond motifs is 1. The summed E-state index contributed by atoms with van der Waals surface area (Å²) in [7, 11) is 0. The lowest BCUT2D eigenvalue weighted by Crippen LogP contribution is -2.26. The van der Waals surface area contributed by atoms with Crippen molar-refractivity contribution >= 4 is 34.7 Å². The smallest absolute Gasteiger partial charge is 0.419 e. The van der Waals surface area contributed by atoms with Crippen LogP contribution in [0.3, 0.4) is 0 Å². The van der Waals surface area contributed by atoms with Crippen LogP contribution in [0.2, 0.25) is 0 Å². The minimum Gasteiger partial charge on any atom is -0.443 e. The van der Waals surface area contributed by atoms with Gasteiger partial charge in [-0.15, -0.1) is 12.6 Å². The van der Waals surface area contributed by atoms with Gasteiger partial charge in [-0.1, -0.05) is 0 Å². The Morgan fingerprint density at radius 2 is 2.05 bits per heavy atom. The largest absolute Gasteiger partial charge is 0.443 e. The lowest BCUT2D eigenvalue weighted by molar-refractivity contribution is 0.0544. The minimum absolute atomic E-state index is 0.331. The average Bonchev–Trinajstić information content (AvgIpc) is 2.66. The molecular weight excluding hydrogens is 264 g/mol. The Labute approximate surface area is 116 Å². The molecule has 0 aliphatic carbocycles. The second-order valence-corrected chi connectivity index (χ2v) is 5.50. The van der Waals surface area contributed by atoms with Crippen molar-refractivity contribution in [1.82, 2.24) is 9.55 Å². The number of rotatable bonds is 1. The fourth-order valence-electron chi connectivity index (χ4n) is 1.71. The Bertz CT molecular complexity index is 655. The van der Waals surface area contributed by atoms with E-state index < -0.39 is 16.8 Å². The van der Waals surface area contributed by atoms with E-state index in [2.05, 4.69) is 17.6 Å². The van der Waals surface area contributed by atoms with Crippen LogP contribution in [-0.4, -0.2) is 26.4 Å². The highest BCUT2D eigenvalue weighted by Gasteiger charge is 2.21. The van der Waals surface area contributed by atoms with Gasteiger partial charge in [-0.2, -0.15) is 0 Å². The van der Waals surface area contributed by atoms with E-state index >= 15 is 0 Å². The predicted molar refractivity (Wildman–Crippen MR) is 74.7 cm³/mol. The standard InChI is InChI=1S/C13H14N2O3S/c1-13(2,3)18-12(17)15-7-9(11(16)19)8-6-14-5-4-10(8)15/h4-7H,1-3H3,(H,16,19). The topological polar surface area (TPSA) is 61.2 Å². The van der Waals surface area contributed by atoms with Crippen molar-refractivity contribution in [3.8, 4) is 0 Å². The monoisotopic (exact) mass is 278 g/mol. The highest BCUT2D eigenvalue weighted by Crippen LogP contribution is 2.23. The van der Waals surface area contributed by atoms with E-state index in [4.69, 9.17) is 4.74 Å². The van der Waals surface area contributed by atoms with Gasteiger partial charge in [-0.3, -0.25) is 14.3 Å². The van der Waals surface area contributed by atoms with Gasteiger partial charge in [0.05, 0.1) is 11.1 Å². The van der Waals surface area contributed by atoms with Gasteiger partial charge >= 0.3 is 6.09 Å². The van der Waals surface area contributed by atoms with Crippen LogP contribution in [0.5, 0.6) is 0 Å². The van der Waals surface area contributed by atoms with Gasteiger partial charge in [-0.05, 0) is 26.8 Å². The van der Waals surface area contributed by atoms with Crippen molar-refractivity contribution in [3.63, 3.8) is 0 Å². The van der Waals surface area contributed by atoms with E-state index in [1.54, 1.807) is 33.0 Å². The van der Waals surface area contributed by atoms with E-state index in [9.17, 15) is 9.59 Å². The van der Waals surface area contributed by atoms with Crippen molar-refractivity contribution in [2.45, 2.75) is 26.4 Å². The van der Waals surface area contributed by atoms with E-state index in [1.165, 1.54) is 17.0 Å². The van der Waals surface area contributed by atoms with Gasteiger partial charge in [0, 0.05) is 24.0 Å². The van der Waals surface area contributed by atoms with Gasteiger partial charge in [0.2, 0.25) is 5.12 Å². The van der Waals surface area contributed by atoms with Crippen LogP contribution in [0.4, 0.5) is 4.79 Å². The van der Waals surface area contributed by atoms with Crippen molar-refractivity contribution in [2.75, 3.05) is 0 Å². The van der Waals surface area contributed by atoms with Crippen LogP contribution in [0, 0.1) is 0 Å². The molecular formula is C13H14N2O3S. The number of thiol groups is 1. The maximum absolute atomic E-state index is 12.1. The number of hydrogen-bond donors (Lipinski definition) is 1. The molecule has 19 heavy (non-hydrogen) atoms. The molecule has 0 spiro atoms. The fourth-order valence-corrected chi connectivity index (χ4v) is 1.88. The molecule has 2 aromatic rings. The van der Waals surface area contributed by atoms with Crippen LogP contribution < -0.4 is 0 Å². The van der Waals surface area contributed by atoms with Gasteiger partial charge < -0.3 is 4.74 Å². The average molecular weight is 278 g/mol. The molecule has 0 N–H and O–H groups in total. The van der Waals surface area contributed by atoms with Crippen molar-refractivity contribution in [2.24, 2.45) is 0 Å². The van der Waals surface area contributed by atoms with Crippen LogP contribution in [0.25, 0.3) is 10.9 Å². The number of nitrogens with zero attached hydrogens (tertiary/aromatic N) is 2. The number of hydrogen-bond acceptors (Lipinski definition) is 4. The van der Waals surface area contributed by atoms with Crippen LogP contribution in [-0.2, 0) is 4.74 Å². The summed E-state index contributed by atoms with van der Waals surface area (Å²) in [5.74, 6) is 0. The first-order valence-corrected chi connectivity index (χ1v) is 6.16. The van der Waals surface area contributed by atoms with Crippen molar-refractivity contribution < 1.29 is 14.3 Å². The SMILES string of the molecule is CC(C)(C)OC(=O)n1cc(C(=O)S)c2cnccc21. The molecule has 0 amide bonds. The summed E-state index contributed by atoms with van der Waals surface area (Å²) >= 11 is 3.80. The summed E-state index contributed by atoms with van der Waals surface area (Å²) in [5.41, 5.74) is 0.296. The maximum atomic E-state index is 12.1. The molecule has 0 aliphatic rings. The number of ether oxygens (including phenoxy) is 1. The van der Waals surface area contributed by atoms with Gasteiger partial charge in [0.25, 0.3) is 0 Å². The summed E-state index contributed by atoms with van der Waals surface area (Å²) < 4.78 is 6.59. The summed E-state index contributed by atoms with van der Waals surface area (Å²) in [6, 6.07) is 1.65. The van der Waals surface area contributed by atoms with E-state index in [-0.39, 0.29) is 0 Å². The zero-order valence-electron chi connectivity index (χ0n) is 10.9. The third-order valence-electron chi connectivity index (χ3n) is 2.43. The first-order valence-electron chi connectivity index (χ1n) is 5.71. The summed E-state index contributed by atoms with van der Waals surface area (Å²) in [5, 5.41) is 0.161. The predicted octanol–water partition coefficient (Wildman–Crippen LogP) is 2.89. The third kappa shape index (κ3) is 2.78. The molecule has 0 fully saturated rings. The molecule has 0 unspecified atom stereocenters. The maximum Gasteiger partial charge on any atom is 0.419 e. The second kappa shape index (κ2) is 4.70. The molecule has 0 aliphatic heterocycles. The Balaban J connectivity index is 2.55. The first-order chi connectivity index (χ1) is 8.79. The number of carbonyl (C=O) groups is 2. The molecule has 0 atom stereocenters. The molecule has 6 heteroatoms. The molecule has 0 aromatic carbocycles. The summed E-state index contributed by atoms with van der Waals surface area (Å²) in [6.07, 6.45) is 3.97. The van der Waals surface area contributed by atoms with Crippen molar-refractivity contribution in [1.29, 1.82) is 0 Å². The Hall–Kier alpha value is -1.82. The summed E-state index contributed by atoms with van der Waals surface area (Å²) in [6.45, 7) is 5.34. The molecule has 100 valence electrons. The van der Waals surface area contributed by atoms with Crippen LogP contribution in [0.1, 0.15) is 31.1 Å². The molecule has 0 radical (unpaired) electrons. The molecule has 5 nitrogen and oxygen atoms in total. The number of pyridine rings is 1. The van der Waals surface area contributed by atoms with Crippen LogP contribution >= 0.6 is 12.6 Å². The first kappa shape index (κ1) is 13.6. The lowest BCUT2D eigenvalue weighted by Gasteiger charge is -2.19. The molecule has 2 rings (SSSR count). The molecule has 0 saturated heterocycles. The summed E-state index contributed by atoms with van der Waals surface area (Å²) in [4.78, 5) is 27.5. The number of carbonyl (C=O) groups excluding carboxylic acids is 2. The van der Waals surface area contributed by atoms with E-state index in [1.807, 2.05) is 0 Å². The third-order valence-corrected chi connectivity index (χ3v) is 2.67. The highest BCUT2D eigenvalue weighted by atomic mass is 32.1. The van der Waals surface area contributed by atoms with Gasteiger partial charge in [0.1, 0.15) is 5.60 Å². The zero-order valence-corrected chi connectivity index (χ0v) is 11.8. The highest BCUT2D eigenvalue weighted by molar-refractivity contribution is 7.97. The minimum atomic E-state index is -0.605. The van der Waals surface area contributed by atoms with Crippen molar-refractivity contribution in [3.05, 3.63) is 30.2 Å². The van der Waals surface area contributed by atoms with Gasteiger partial charge in [-0.25, -0.2) is 4.79 Å². The Kier molecular flexibility index (Phi) is 3.36. The van der Waals surface area contributed by atoms with E-state index in [0.717, 1.165) is 0 Å². The zero-order chi connectivity index (χ0) is 14.2. The molecule has 2 aromatic heterocycles. The number of aromatic nitrogens is 2. The lowest BCUT2D eigenvalue weighted by atomic mass is 10.2. The molecule has 0 bridgehead atoms. The Morgan fingerprint density at radius 3 is 2.63 bits per heavy atom. The van der Waals surface area contributed by atoms with Crippen LogP contribution in [0.15, 0.2) is 24.7 Å². The Morgan fingerprint density at radius 1 is 1.37 bits per heavy atom. The second-order valence-electron chi connectivity index (χ2n) is 5.09.